The maximum absolute atomic E-state index is 2.55. The molecule has 0 aliphatic rings. The fraction of sp³-hybridized carbons (Fsp3) is 0.889. The third-order valence-corrected chi connectivity index (χ3v) is 3.83. The Kier molecular flexibility index (Phi) is 13.0. The summed E-state index contributed by atoms with van der Waals surface area (Å²) >= 11 is 0. The SMILES string of the molecule is CCCCC(C=CC(CCC)CCCC)CCC. The van der Waals surface area contributed by atoms with Gasteiger partial charge in [0, 0.05) is 0 Å². The summed E-state index contributed by atoms with van der Waals surface area (Å²) in [4.78, 5) is 0. The van der Waals surface area contributed by atoms with E-state index in [2.05, 4.69) is 39.8 Å². The second-order valence-electron chi connectivity index (χ2n) is 5.77. The topological polar surface area (TPSA) is 0 Å². The van der Waals surface area contributed by atoms with Gasteiger partial charge in [-0.3, -0.25) is 0 Å². The normalized spacial score (nSPS) is 15.1. The number of rotatable bonds is 12. The van der Waals surface area contributed by atoms with E-state index in [1.165, 1.54) is 64.2 Å². The first kappa shape index (κ1) is 17.7. The van der Waals surface area contributed by atoms with Gasteiger partial charge in [-0.05, 0) is 37.5 Å². The molecule has 0 heteroatoms. The highest BCUT2D eigenvalue weighted by Crippen LogP contribution is 2.21. The van der Waals surface area contributed by atoms with Crippen molar-refractivity contribution in [3.05, 3.63) is 12.2 Å². The van der Waals surface area contributed by atoms with Crippen LogP contribution >= 0.6 is 0 Å². The van der Waals surface area contributed by atoms with E-state index in [0.717, 1.165) is 11.8 Å². The van der Waals surface area contributed by atoms with Gasteiger partial charge < -0.3 is 0 Å². The molecule has 0 bridgehead atoms. The maximum atomic E-state index is 2.55. The van der Waals surface area contributed by atoms with Crippen molar-refractivity contribution in [2.75, 3.05) is 0 Å². The van der Waals surface area contributed by atoms with Crippen molar-refractivity contribution < 1.29 is 0 Å². The molecule has 0 aliphatic heterocycles. The standard InChI is InChI=1S/C18H36/c1-5-9-13-17(11-7-3)15-16-18(12-8-4)14-10-6-2/h15-18H,5-14H2,1-4H3. The van der Waals surface area contributed by atoms with E-state index in [1.54, 1.807) is 0 Å². The van der Waals surface area contributed by atoms with Gasteiger partial charge in [-0.1, -0.05) is 78.4 Å². The molecule has 0 rings (SSSR count). The third kappa shape index (κ3) is 9.74. The van der Waals surface area contributed by atoms with E-state index in [9.17, 15) is 0 Å². The summed E-state index contributed by atoms with van der Waals surface area (Å²) in [6, 6.07) is 0. The van der Waals surface area contributed by atoms with Crippen molar-refractivity contribution in [1.29, 1.82) is 0 Å². The highest BCUT2D eigenvalue weighted by Gasteiger charge is 2.06. The molecule has 0 aromatic carbocycles. The first-order valence-electron chi connectivity index (χ1n) is 8.46. The minimum atomic E-state index is 0.843. The minimum Gasteiger partial charge on any atom is -0.0851 e. The predicted molar refractivity (Wildman–Crippen MR) is 85.0 cm³/mol. The van der Waals surface area contributed by atoms with Gasteiger partial charge in [-0.25, -0.2) is 0 Å². The predicted octanol–water partition coefficient (Wildman–Crippen LogP) is 6.76. The monoisotopic (exact) mass is 252 g/mol. The summed E-state index contributed by atoms with van der Waals surface area (Å²) in [6.07, 6.45) is 18.8. The summed E-state index contributed by atoms with van der Waals surface area (Å²) in [6.45, 7) is 9.22. The van der Waals surface area contributed by atoms with Crippen LogP contribution in [0.3, 0.4) is 0 Å². The van der Waals surface area contributed by atoms with E-state index in [1.807, 2.05) is 0 Å². The van der Waals surface area contributed by atoms with E-state index in [0.29, 0.717) is 0 Å². The minimum absolute atomic E-state index is 0.843. The molecule has 0 aromatic rings. The molecule has 0 spiro atoms. The lowest BCUT2D eigenvalue weighted by Crippen LogP contribution is -2.00. The van der Waals surface area contributed by atoms with Gasteiger partial charge in [0.05, 0.1) is 0 Å². The largest absolute Gasteiger partial charge is 0.0851 e. The van der Waals surface area contributed by atoms with Crippen molar-refractivity contribution in [3.8, 4) is 0 Å². The lowest BCUT2D eigenvalue weighted by molar-refractivity contribution is 0.487. The first-order chi connectivity index (χ1) is 8.78. The molecule has 0 amide bonds. The van der Waals surface area contributed by atoms with Crippen LogP contribution in [0.5, 0.6) is 0 Å². The van der Waals surface area contributed by atoms with Gasteiger partial charge in [-0.2, -0.15) is 0 Å². The number of allylic oxidation sites excluding steroid dienone is 2. The van der Waals surface area contributed by atoms with Crippen LogP contribution in [0.15, 0.2) is 12.2 Å². The molecule has 0 radical (unpaired) electrons. The van der Waals surface area contributed by atoms with Gasteiger partial charge in [0.1, 0.15) is 0 Å². The Morgan fingerprint density at radius 3 is 1.22 bits per heavy atom. The molecule has 0 aliphatic carbocycles. The second kappa shape index (κ2) is 13.2. The van der Waals surface area contributed by atoms with Crippen LogP contribution in [0.25, 0.3) is 0 Å². The molecule has 2 unspecified atom stereocenters. The fourth-order valence-corrected chi connectivity index (χ4v) is 2.66. The molecule has 0 fully saturated rings. The van der Waals surface area contributed by atoms with Gasteiger partial charge in [0.25, 0.3) is 0 Å². The zero-order valence-corrected chi connectivity index (χ0v) is 13.4. The quantitative estimate of drug-likeness (QED) is 0.337. The zero-order valence-electron chi connectivity index (χ0n) is 13.4. The molecule has 0 saturated carbocycles. The molecule has 0 heterocycles. The number of unbranched alkanes of at least 4 members (excludes halogenated alkanes) is 2. The smallest absolute Gasteiger partial charge is 0.0234 e. The number of hydrogen-bond acceptors (Lipinski definition) is 0. The van der Waals surface area contributed by atoms with Gasteiger partial charge in [0.2, 0.25) is 0 Å². The fourth-order valence-electron chi connectivity index (χ4n) is 2.66. The Morgan fingerprint density at radius 2 is 0.944 bits per heavy atom. The highest BCUT2D eigenvalue weighted by molar-refractivity contribution is 4.92. The summed E-state index contributed by atoms with van der Waals surface area (Å²) in [5.74, 6) is 1.69. The van der Waals surface area contributed by atoms with E-state index < -0.39 is 0 Å². The van der Waals surface area contributed by atoms with Crippen molar-refractivity contribution in [1.82, 2.24) is 0 Å². The lowest BCUT2D eigenvalue weighted by atomic mass is 9.91. The van der Waals surface area contributed by atoms with Crippen molar-refractivity contribution >= 4 is 0 Å². The summed E-state index contributed by atoms with van der Waals surface area (Å²) in [5.41, 5.74) is 0. The third-order valence-electron chi connectivity index (χ3n) is 3.83. The molecule has 0 nitrogen and oxygen atoms in total. The average Bonchev–Trinajstić information content (AvgIpc) is 2.38. The van der Waals surface area contributed by atoms with Crippen molar-refractivity contribution in [3.63, 3.8) is 0 Å². The van der Waals surface area contributed by atoms with E-state index in [4.69, 9.17) is 0 Å². The van der Waals surface area contributed by atoms with Crippen LogP contribution in [0, 0.1) is 11.8 Å². The zero-order chi connectivity index (χ0) is 13.6. The van der Waals surface area contributed by atoms with Crippen LogP contribution < -0.4 is 0 Å². The molecule has 0 N–H and O–H groups in total. The second-order valence-corrected chi connectivity index (χ2v) is 5.77. The summed E-state index contributed by atoms with van der Waals surface area (Å²) in [7, 11) is 0. The molecule has 0 aromatic heterocycles. The summed E-state index contributed by atoms with van der Waals surface area (Å²) in [5, 5.41) is 0. The van der Waals surface area contributed by atoms with Crippen LogP contribution in [0.1, 0.15) is 91.9 Å². The van der Waals surface area contributed by atoms with Gasteiger partial charge >= 0.3 is 0 Å². The summed E-state index contributed by atoms with van der Waals surface area (Å²) < 4.78 is 0. The van der Waals surface area contributed by atoms with Crippen molar-refractivity contribution in [2.24, 2.45) is 11.8 Å². The van der Waals surface area contributed by atoms with Gasteiger partial charge in [-0.15, -0.1) is 0 Å². The highest BCUT2D eigenvalue weighted by atomic mass is 14.1. The number of hydrogen-bond donors (Lipinski definition) is 0. The Bertz CT molecular complexity index is 160. The van der Waals surface area contributed by atoms with E-state index in [-0.39, 0.29) is 0 Å². The Morgan fingerprint density at radius 1 is 0.556 bits per heavy atom. The molecular formula is C18H36. The van der Waals surface area contributed by atoms with Crippen LogP contribution in [0.2, 0.25) is 0 Å². The lowest BCUT2D eigenvalue weighted by Gasteiger charge is -2.14. The Hall–Kier alpha value is -0.260. The average molecular weight is 252 g/mol. The van der Waals surface area contributed by atoms with Crippen molar-refractivity contribution in [2.45, 2.75) is 91.9 Å². The Balaban J connectivity index is 4.19. The van der Waals surface area contributed by atoms with Gasteiger partial charge in [0.15, 0.2) is 0 Å². The maximum Gasteiger partial charge on any atom is -0.0234 e. The molecular weight excluding hydrogens is 216 g/mol. The van der Waals surface area contributed by atoms with E-state index >= 15 is 0 Å². The van der Waals surface area contributed by atoms with Crippen LogP contribution in [0.4, 0.5) is 0 Å². The molecule has 0 saturated heterocycles. The Labute approximate surface area is 116 Å². The molecule has 18 heavy (non-hydrogen) atoms. The van der Waals surface area contributed by atoms with Crippen LogP contribution in [-0.4, -0.2) is 0 Å². The molecule has 108 valence electrons. The molecule has 2 atom stereocenters. The van der Waals surface area contributed by atoms with Crippen LogP contribution in [-0.2, 0) is 0 Å². The first-order valence-corrected chi connectivity index (χ1v) is 8.46.